The van der Waals surface area contributed by atoms with Gasteiger partial charge in [-0.05, 0) is 45.1 Å². The molecule has 2 saturated heterocycles. The molecule has 34 heavy (non-hydrogen) atoms. The topological polar surface area (TPSA) is 96.4 Å². The van der Waals surface area contributed by atoms with Crippen molar-refractivity contribution >= 4 is 17.8 Å². The summed E-state index contributed by atoms with van der Waals surface area (Å²) in [4.78, 5) is 44.6. The minimum atomic E-state index is -1.28. The lowest BCUT2D eigenvalue weighted by Gasteiger charge is -2.44. The van der Waals surface area contributed by atoms with Crippen molar-refractivity contribution < 1.29 is 29.0 Å². The second-order valence-corrected chi connectivity index (χ2v) is 12.0. The Morgan fingerprint density at radius 3 is 2.41 bits per heavy atom. The van der Waals surface area contributed by atoms with E-state index in [-0.39, 0.29) is 37.0 Å². The van der Waals surface area contributed by atoms with E-state index in [1.807, 2.05) is 17.1 Å². The Morgan fingerprint density at radius 2 is 1.76 bits per heavy atom. The quantitative estimate of drug-likeness (QED) is 0.484. The smallest absolute Gasteiger partial charge is 0.313 e. The summed E-state index contributed by atoms with van der Waals surface area (Å²) in [6.45, 7) is 12.9. The molecule has 0 aromatic rings. The molecule has 4 rings (SSSR count). The molecule has 5 atom stereocenters. The Balaban J connectivity index is 1.83. The van der Waals surface area contributed by atoms with Crippen molar-refractivity contribution in [1.29, 1.82) is 0 Å². The molecule has 2 amide bonds. The van der Waals surface area contributed by atoms with Gasteiger partial charge in [0, 0.05) is 25.2 Å². The maximum atomic E-state index is 14.3. The van der Waals surface area contributed by atoms with Crippen LogP contribution in [0.3, 0.4) is 0 Å². The molecule has 1 spiro atoms. The number of nitrogens with zero attached hydrogens (tertiary/aromatic N) is 2. The Morgan fingerprint density at radius 1 is 1.06 bits per heavy atom. The number of rotatable bonds is 5. The molecule has 0 saturated carbocycles. The number of carbonyl (C=O) groups is 3. The van der Waals surface area contributed by atoms with E-state index in [1.54, 1.807) is 19.1 Å². The lowest BCUT2D eigenvalue weighted by molar-refractivity contribution is -0.159. The fourth-order valence-electron chi connectivity index (χ4n) is 6.77. The average Bonchev–Trinajstić information content (AvgIpc) is 2.95. The lowest BCUT2D eigenvalue weighted by Crippen LogP contribution is -2.60. The summed E-state index contributed by atoms with van der Waals surface area (Å²) in [5, 5.41) is 9.49. The SMILES string of the molecule is CC(C)(C)CC(C)(C)N1CC=C[C@]23O[C@@]4(C)C=CCOC(=O)[C@H]4[C@H]2C(=O)N(CCCO)C3C1=O. The van der Waals surface area contributed by atoms with Crippen molar-refractivity contribution in [1.82, 2.24) is 9.80 Å². The van der Waals surface area contributed by atoms with Crippen LogP contribution in [0.5, 0.6) is 0 Å². The fraction of sp³-hybridized carbons (Fsp3) is 0.731. The van der Waals surface area contributed by atoms with Gasteiger partial charge in [-0.25, -0.2) is 0 Å². The molecule has 0 aliphatic carbocycles. The number of aliphatic hydroxyl groups excluding tert-OH is 1. The third-order valence-electron chi connectivity index (χ3n) is 7.56. The fourth-order valence-corrected chi connectivity index (χ4v) is 6.77. The summed E-state index contributed by atoms with van der Waals surface area (Å²) < 4.78 is 12.0. The highest BCUT2D eigenvalue weighted by Gasteiger charge is 2.75. The predicted molar refractivity (Wildman–Crippen MR) is 126 cm³/mol. The van der Waals surface area contributed by atoms with Gasteiger partial charge < -0.3 is 24.4 Å². The number of carbonyl (C=O) groups excluding carboxylic acids is 3. The number of hydrogen-bond donors (Lipinski definition) is 1. The molecule has 188 valence electrons. The Labute approximate surface area is 201 Å². The van der Waals surface area contributed by atoms with Crippen LogP contribution >= 0.6 is 0 Å². The van der Waals surface area contributed by atoms with E-state index < -0.39 is 40.6 Å². The summed E-state index contributed by atoms with van der Waals surface area (Å²) in [5.41, 5.74) is -2.83. The van der Waals surface area contributed by atoms with Gasteiger partial charge in [0.1, 0.15) is 24.2 Å². The second kappa shape index (κ2) is 8.19. The van der Waals surface area contributed by atoms with Crippen LogP contribution < -0.4 is 0 Å². The van der Waals surface area contributed by atoms with E-state index in [9.17, 15) is 19.5 Å². The van der Waals surface area contributed by atoms with E-state index in [1.165, 1.54) is 4.90 Å². The van der Waals surface area contributed by atoms with Gasteiger partial charge in [-0.1, -0.05) is 39.0 Å². The van der Waals surface area contributed by atoms with Gasteiger partial charge in [0.15, 0.2) is 0 Å². The molecule has 1 N–H and O–H groups in total. The van der Waals surface area contributed by atoms with Gasteiger partial charge in [-0.15, -0.1) is 0 Å². The predicted octanol–water partition coefficient (Wildman–Crippen LogP) is 2.07. The molecule has 0 bridgehead atoms. The maximum Gasteiger partial charge on any atom is 0.313 e. The number of likely N-dealkylation sites (tertiary alicyclic amines) is 1. The van der Waals surface area contributed by atoms with Crippen LogP contribution in [-0.4, -0.2) is 81.8 Å². The number of esters is 1. The van der Waals surface area contributed by atoms with Crippen molar-refractivity contribution in [2.24, 2.45) is 17.3 Å². The molecule has 0 radical (unpaired) electrons. The van der Waals surface area contributed by atoms with Crippen LogP contribution in [0.4, 0.5) is 0 Å². The highest BCUT2D eigenvalue weighted by molar-refractivity contribution is 5.99. The summed E-state index contributed by atoms with van der Waals surface area (Å²) >= 11 is 0. The monoisotopic (exact) mass is 474 g/mol. The standard InChI is InChI=1S/C26H38N2O6/c1-23(2,3)16-24(4,5)28-13-7-11-26-17(18-22(32)33-15-8-10-25(18,6)34-26)20(30)27(12-9-14-29)19(26)21(28)31/h7-8,10-11,17-19,29H,9,12-16H2,1-6H3/t17-,18+,19?,25-,26-/m0/s1. The van der Waals surface area contributed by atoms with Crippen LogP contribution in [0.2, 0.25) is 0 Å². The summed E-state index contributed by atoms with van der Waals surface area (Å²) in [6, 6.07) is -0.917. The van der Waals surface area contributed by atoms with Crippen molar-refractivity contribution in [3.63, 3.8) is 0 Å². The van der Waals surface area contributed by atoms with Gasteiger partial charge >= 0.3 is 5.97 Å². The number of cyclic esters (lactones) is 1. The lowest BCUT2D eigenvalue weighted by atomic mass is 9.74. The first-order valence-electron chi connectivity index (χ1n) is 12.2. The molecule has 4 aliphatic rings. The third-order valence-corrected chi connectivity index (χ3v) is 7.56. The number of amides is 2. The molecule has 0 aromatic carbocycles. The highest BCUT2D eigenvalue weighted by Crippen LogP contribution is 2.57. The van der Waals surface area contributed by atoms with Crippen molar-refractivity contribution in [3.05, 3.63) is 24.3 Å². The summed E-state index contributed by atoms with van der Waals surface area (Å²) in [7, 11) is 0. The molecule has 1 unspecified atom stereocenters. The molecule has 8 nitrogen and oxygen atoms in total. The van der Waals surface area contributed by atoms with Crippen LogP contribution in [0.1, 0.15) is 54.4 Å². The number of ether oxygens (including phenoxy) is 2. The van der Waals surface area contributed by atoms with Gasteiger partial charge in [0.05, 0.1) is 11.5 Å². The molecule has 0 aromatic heterocycles. The first-order valence-corrected chi connectivity index (χ1v) is 12.2. The van der Waals surface area contributed by atoms with Crippen LogP contribution in [0, 0.1) is 17.3 Å². The van der Waals surface area contributed by atoms with Crippen molar-refractivity contribution in [2.45, 2.75) is 77.2 Å². The first kappa shape index (κ1) is 24.9. The van der Waals surface area contributed by atoms with Crippen LogP contribution in [0.15, 0.2) is 24.3 Å². The van der Waals surface area contributed by atoms with Crippen LogP contribution in [-0.2, 0) is 23.9 Å². The van der Waals surface area contributed by atoms with Gasteiger partial charge in [-0.3, -0.25) is 14.4 Å². The number of hydrogen-bond acceptors (Lipinski definition) is 6. The zero-order valence-electron chi connectivity index (χ0n) is 21.2. The van der Waals surface area contributed by atoms with E-state index in [2.05, 4.69) is 34.6 Å². The summed E-state index contributed by atoms with van der Waals surface area (Å²) in [5.74, 6) is -2.70. The minimum absolute atomic E-state index is 0.0127. The molecular weight excluding hydrogens is 436 g/mol. The number of fused-ring (bicyclic) bond motifs is 2. The average molecular weight is 475 g/mol. The summed E-state index contributed by atoms with van der Waals surface area (Å²) in [6.07, 6.45) is 8.37. The van der Waals surface area contributed by atoms with E-state index in [0.29, 0.717) is 13.0 Å². The normalized spacial score (nSPS) is 35.6. The molecule has 2 fully saturated rings. The highest BCUT2D eigenvalue weighted by atomic mass is 16.6. The second-order valence-electron chi connectivity index (χ2n) is 12.0. The van der Waals surface area contributed by atoms with E-state index in [0.717, 1.165) is 6.42 Å². The minimum Gasteiger partial charge on any atom is -0.461 e. The Bertz CT molecular complexity index is 934. The molecule has 4 heterocycles. The van der Waals surface area contributed by atoms with Crippen LogP contribution in [0.25, 0.3) is 0 Å². The van der Waals surface area contributed by atoms with Gasteiger partial charge in [0.25, 0.3) is 0 Å². The zero-order valence-corrected chi connectivity index (χ0v) is 21.2. The molecular formula is C26H38N2O6. The van der Waals surface area contributed by atoms with Gasteiger partial charge in [-0.2, -0.15) is 0 Å². The molecule has 4 aliphatic heterocycles. The van der Waals surface area contributed by atoms with Crippen molar-refractivity contribution in [3.8, 4) is 0 Å². The first-order chi connectivity index (χ1) is 15.8. The number of aliphatic hydroxyl groups is 1. The van der Waals surface area contributed by atoms with E-state index >= 15 is 0 Å². The molecule has 8 heteroatoms. The van der Waals surface area contributed by atoms with E-state index in [4.69, 9.17) is 9.47 Å². The zero-order chi connectivity index (χ0) is 25.1. The maximum absolute atomic E-state index is 14.3. The third kappa shape index (κ3) is 3.79. The Hall–Kier alpha value is -2.19. The largest absolute Gasteiger partial charge is 0.461 e. The van der Waals surface area contributed by atoms with Crippen molar-refractivity contribution in [2.75, 3.05) is 26.3 Å². The Kier molecular flexibility index (Phi) is 6.00. The van der Waals surface area contributed by atoms with Gasteiger partial charge in [0.2, 0.25) is 11.8 Å².